The molecule has 4 aromatic heterocycles. The number of unbranched alkanes of at least 4 members (excludes halogenated alkanes) is 2. The zero-order valence-corrected chi connectivity index (χ0v) is 25.6. The number of amides is 1. The second kappa shape index (κ2) is 18.1. The van der Waals surface area contributed by atoms with E-state index in [0.29, 0.717) is 45.7 Å². The van der Waals surface area contributed by atoms with Crippen LogP contribution >= 0.6 is 15.9 Å². The van der Waals surface area contributed by atoms with Gasteiger partial charge in [-0.15, -0.1) is 0 Å². The molecule has 0 saturated heterocycles. The van der Waals surface area contributed by atoms with Crippen LogP contribution in [0.3, 0.4) is 0 Å². The normalized spacial score (nSPS) is 11.3. The lowest BCUT2D eigenvalue weighted by Crippen LogP contribution is -2.49. The number of carbonyl (C=O) groups excluding carboxylic acids is 1. The highest BCUT2D eigenvalue weighted by Gasteiger charge is 2.22. The molecule has 0 aliphatic rings. The van der Waals surface area contributed by atoms with Crippen molar-refractivity contribution in [1.82, 2.24) is 35.1 Å². The molecule has 0 spiro atoms. The molecule has 0 saturated carbocycles. The molecule has 9 heteroatoms. The number of rotatable bonds is 18. The van der Waals surface area contributed by atoms with E-state index in [1.807, 2.05) is 97.6 Å². The van der Waals surface area contributed by atoms with Crippen molar-refractivity contribution in [3.05, 3.63) is 120 Å². The van der Waals surface area contributed by atoms with Crippen molar-refractivity contribution in [1.29, 1.82) is 0 Å². The zero-order chi connectivity index (χ0) is 29.2. The molecule has 4 heterocycles. The van der Waals surface area contributed by atoms with Crippen LogP contribution in [0.15, 0.2) is 97.6 Å². The molecule has 4 aromatic rings. The molecule has 1 amide bonds. The van der Waals surface area contributed by atoms with Crippen LogP contribution in [0.1, 0.15) is 48.5 Å². The number of hydrogen-bond acceptors (Lipinski definition) is 7. The van der Waals surface area contributed by atoms with E-state index < -0.39 is 0 Å². The molecule has 0 aromatic carbocycles. The summed E-state index contributed by atoms with van der Waals surface area (Å²) >= 11 is 3.49. The standard InChI is InChI=1S/C33H40BrN7O/c34-17-7-1-2-16-33(42)39-32(26-40(22-28-12-3-8-18-35-28)23-29-13-4-9-19-36-29)27-41(24-30-14-5-10-20-37-30)25-31-15-6-11-21-38-31/h3-6,8-15,18-21,32H,1-2,7,16-17,22-27H2,(H,39,42). The van der Waals surface area contributed by atoms with Crippen molar-refractivity contribution in [3.8, 4) is 0 Å². The molecule has 0 fully saturated rings. The summed E-state index contributed by atoms with van der Waals surface area (Å²) in [7, 11) is 0. The quantitative estimate of drug-likeness (QED) is 0.116. The van der Waals surface area contributed by atoms with E-state index in [0.717, 1.165) is 47.4 Å². The van der Waals surface area contributed by atoms with Crippen molar-refractivity contribution >= 4 is 21.8 Å². The minimum Gasteiger partial charge on any atom is -0.351 e. The Morgan fingerprint density at radius 3 is 1.36 bits per heavy atom. The number of hydrogen-bond donors (Lipinski definition) is 1. The highest BCUT2D eigenvalue weighted by molar-refractivity contribution is 9.09. The molecular formula is C33H40BrN7O. The van der Waals surface area contributed by atoms with Gasteiger partial charge in [0.2, 0.25) is 5.91 Å². The van der Waals surface area contributed by atoms with E-state index in [9.17, 15) is 4.79 Å². The van der Waals surface area contributed by atoms with Crippen molar-refractivity contribution in [2.45, 2.75) is 57.9 Å². The lowest BCUT2D eigenvalue weighted by atomic mass is 10.1. The topological polar surface area (TPSA) is 87.1 Å². The predicted molar refractivity (Wildman–Crippen MR) is 169 cm³/mol. The van der Waals surface area contributed by atoms with Gasteiger partial charge in [0.15, 0.2) is 0 Å². The molecule has 220 valence electrons. The second-order valence-corrected chi connectivity index (χ2v) is 11.2. The van der Waals surface area contributed by atoms with Gasteiger partial charge in [0.1, 0.15) is 0 Å². The summed E-state index contributed by atoms with van der Waals surface area (Å²) in [6.45, 7) is 3.87. The van der Waals surface area contributed by atoms with Gasteiger partial charge in [0.05, 0.1) is 28.8 Å². The highest BCUT2D eigenvalue weighted by atomic mass is 79.9. The summed E-state index contributed by atoms with van der Waals surface area (Å²) in [5.74, 6) is 0.0841. The molecule has 0 radical (unpaired) electrons. The first-order valence-electron chi connectivity index (χ1n) is 14.6. The van der Waals surface area contributed by atoms with Gasteiger partial charge >= 0.3 is 0 Å². The Morgan fingerprint density at radius 1 is 0.619 bits per heavy atom. The molecule has 4 rings (SSSR count). The fourth-order valence-electron chi connectivity index (χ4n) is 4.88. The summed E-state index contributed by atoms with van der Waals surface area (Å²) in [5, 5.41) is 4.34. The fourth-order valence-corrected chi connectivity index (χ4v) is 5.28. The highest BCUT2D eigenvalue weighted by Crippen LogP contribution is 2.13. The van der Waals surface area contributed by atoms with Crippen molar-refractivity contribution in [2.75, 3.05) is 18.4 Å². The average Bonchev–Trinajstić information content (AvgIpc) is 3.01. The molecule has 0 unspecified atom stereocenters. The molecule has 1 N–H and O–H groups in total. The van der Waals surface area contributed by atoms with Gasteiger partial charge in [0.25, 0.3) is 0 Å². The minimum atomic E-state index is -0.131. The Kier molecular flexibility index (Phi) is 13.5. The van der Waals surface area contributed by atoms with E-state index in [-0.39, 0.29) is 11.9 Å². The lowest BCUT2D eigenvalue weighted by Gasteiger charge is -2.32. The summed E-state index contributed by atoms with van der Waals surface area (Å²) in [5.41, 5.74) is 3.92. The van der Waals surface area contributed by atoms with Crippen LogP contribution in [-0.2, 0) is 31.0 Å². The number of halogens is 1. The Bertz CT molecular complexity index is 1110. The van der Waals surface area contributed by atoms with Gasteiger partial charge in [0, 0.05) is 75.8 Å². The Morgan fingerprint density at radius 2 is 1.02 bits per heavy atom. The first kappa shape index (κ1) is 31.4. The molecule has 8 nitrogen and oxygen atoms in total. The van der Waals surface area contributed by atoms with Crippen LogP contribution in [0, 0.1) is 0 Å². The van der Waals surface area contributed by atoms with Crippen LogP contribution < -0.4 is 5.32 Å². The van der Waals surface area contributed by atoms with Gasteiger partial charge in [-0.25, -0.2) is 0 Å². The number of carbonyl (C=O) groups is 1. The van der Waals surface area contributed by atoms with Gasteiger partial charge < -0.3 is 5.32 Å². The molecule has 0 aliphatic heterocycles. The smallest absolute Gasteiger partial charge is 0.220 e. The maximum absolute atomic E-state index is 13.2. The van der Waals surface area contributed by atoms with Gasteiger partial charge in [-0.1, -0.05) is 46.6 Å². The zero-order valence-electron chi connectivity index (χ0n) is 24.1. The second-order valence-electron chi connectivity index (χ2n) is 10.4. The fraction of sp³-hybridized carbons (Fsp3) is 0.364. The number of nitrogens with one attached hydrogen (secondary N) is 1. The average molecular weight is 631 g/mol. The van der Waals surface area contributed by atoms with Gasteiger partial charge in [-0.3, -0.25) is 34.5 Å². The monoisotopic (exact) mass is 629 g/mol. The molecule has 0 aliphatic carbocycles. The number of nitrogens with zero attached hydrogens (tertiary/aromatic N) is 6. The first-order valence-corrected chi connectivity index (χ1v) is 15.7. The Hall–Kier alpha value is -3.53. The minimum absolute atomic E-state index is 0.0841. The van der Waals surface area contributed by atoms with Crippen LogP contribution in [0.5, 0.6) is 0 Å². The van der Waals surface area contributed by atoms with E-state index in [1.165, 1.54) is 0 Å². The predicted octanol–water partition coefficient (Wildman–Crippen LogP) is 5.41. The van der Waals surface area contributed by atoms with E-state index >= 15 is 0 Å². The number of pyridine rings is 4. The van der Waals surface area contributed by atoms with E-state index in [2.05, 4.69) is 51.0 Å². The molecule has 0 bridgehead atoms. The SMILES string of the molecule is O=C(CCCCCBr)NC(CN(Cc1ccccn1)Cc1ccccn1)CN(Cc1ccccn1)Cc1ccccn1. The summed E-state index contributed by atoms with van der Waals surface area (Å²) in [6, 6.07) is 23.8. The summed E-state index contributed by atoms with van der Waals surface area (Å²) < 4.78 is 0. The Balaban J connectivity index is 1.55. The maximum atomic E-state index is 13.2. The van der Waals surface area contributed by atoms with Gasteiger partial charge in [-0.2, -0.15) is 0 Å². The van der Waals surface area contributed by atoms with Crippen LogP contribution in [0.2, 0.25) is 0 Å². The van der Waals surface area contributed by atoms with Crippen LogP contribution in [0.4, 0.5) is 0 Å². The molecule has 0 atom stereocenters. The van der Waals surface area contributed by atoms with Crippen molar-refractivity contribution in [2.24, 2.45) is 0 Å². The Labute approximate surface area is 257 Å². The third-order valence-corrected chi connectivity index (χ3v) is 7.37. The first-order chi connectivity index (χ1) is 20.7. The van der Waals surface area contributed by atoms with Crippen molar-refractivity contribution in [3.63, 3.8) is 0 Å². The largest absolute Gasteiger partial charge is 0.351 e. The maximum Gasteiger partial charge on any atom is 0.220 e. The molecular weight excluding hydrogens is 590 g/mol. The van der Waals surface area contributed by atoms with E-state index in [1.54, 1.807) is 0 Å². The third kappa shape index (κ3) is 11.8. The van der Waals surface area contributed by atoms with Crippen molar-refractivity contribution < 1.29 is 4.79 Å². The third-order valence-electron chi connectivity index (χ3n) is 6.81. The summed E-state index contributed by atoms with van der Waals surface area (Å²) in [6.07, 6.45) is 10.8. The lowest BCUT2D eigenvalue weighted by molar-refractivity contribution is -0.122. The summed E-state index contributed by atoms with van der Waals surface area (Å²) in [4.78, 5) is 36.2. The molecule has 42 heavy (non-hydrogen) atoms. The van der Waals surface area contributed by atoms with Gasteiger partial charge in [-0.05, 0) is 61.4 Å². The van der Waals surface area contributed by atoms with E-state index in [4.69, 9.17) is 0 Å². The number of alkyl halides is 1. The van der Waals surface area contributed by atoms with Crippen LogP contribution in [-0.4, -0.2) is 60.1 Å². The van der Waals surface area contributed by atoms with Crippen LogP contribution in [0.25, 0.3) is 0 Å². The number of aromatic nitrogens is 4.